The number of phosphoric acid groups is 2. The van der Waals surface area contributed by atoms with E-state index in [1.165, 1.54) is 205 Å². The van der Waals surface area contributed by atoms with E-state index < -0.39 is 97.5 Å². The van der Waals surface area contributed by atoms with Gasteiger partial charge in [-0.15, -0.1) is 0 Å². The Morgan fingerprint density at radius 1 is 0.283 bits per heavy atom. The molecular formula is C80H156O17P2. The Labute approximate surface area is 607 Å². The van der Waals surface area contributed by atoms with E-state index in [1.54, 1.807) is 0 Å². The van der Waals surface area contributed by atoms with Crippen molar-refractivity contribution < 1.29 is 80.2 Å². The van der Waals surface area contributed by atoms with Crippen molar-refractivity contribution in [2.24, 2.45) is 23.7 Å². The Morgan fingerprint density at radius 2 is 0.485 bits per heavy atom. The summed E-state index contributed by atoms with van der Waals surface area (Å²) in [6.07, 6.45) is 55.6. The molecule has 6 atom stereocenters. The van der Waals surface area contributed by atoms with Crippen LogP contribution >= 0.6 is 15.6 Å². The molecule has 0 aromatic carbocycles. The standard InChI is InChI=1S/C80H156O17P2/c1-9-73(8)59-51-43-35-27-21-17-14-15-19-23-29-37-46-54-62-79(84)96-76(67-91-78(83)61-53-45-39-31-34-42-50-58-72(6)7)69-95-99(88,89)93-65-74(81)64-92-98(86,87)94-68-75(97-80(85)63-55-47-38-30-24-26-33-41-49-57-71(4)5)66-90-77(82)60-52-44-36-28-22-18-13-11-10-12-16-20-25-32-40-48-56-70(2)3/h70-76,81H,9-69H2,1-8H3,(H,86,87)(H,88,89)/t73?,74?,75-,76-/m1/s1. The number of phosphoric ester groups is 2. The fraction of sp³-hybridized carbons (Fsp3) is 0.950. The molecule has 0 aliphatic carbocycles. The summed E-state index contributed by atoms with van der Waals surface area (Å²) in [6.45, 7) is 14.2. The number of unbranched alkanes of at least 4 members (excludes halogenated alkanes) is 42. The van der Waals surface area contributed by atoms with Crippen molar-refractivity contribution >= 4 is 39.5 Å². The van der Waals surface area contributed by atoms with Crippen LogP contribution in [0.25, 0.3) is 0 Å². The Hall–Kier alpha value is -1.94. The van der Waals surface area contributed by atoms with Gasteiger partial charge in [0.15, 0.2) is 12.2 Å². The van der Waals surface area contributed by atoms with Gasteiger partial charge in [0.2, 0.25) is 0 Å². The van der Waals surface area contributed by atoms with E-state index in [2.05, 4.69) is 55.4 Å². The first kappa shape index (κ1) is 97.1. The van der Waals surface area contributed by atoms with Crippen LogP contribution in [-0.4, -0.2) is 96.7 Å². The zero-order valence-corrected chi connectivity index (χ0v) is 66.9. The highest BCUT2D eigenvalue weighted by atomic mass is 31.2. The van der Waals surface area contributed by atoms with E-state index >= 15 is 0 Å². The SMILES string of the molecule is CCC(C)CCCCCCCCCCCCCCCCC(=O)O[C@H](COC(=O)CCCCCCCCCC(C)C)COP(=O)(O)OCC(O)COP(=O)(O)OC[C@@H](COC(=O)CCCCCCCCCCCCCCCCCCC(C)C)OC(=O)CCCCCCCCCCCC(C)C. The molecule has 0 fully saturated rings. The van der Waals surface area contributed by atoms with Crippen molar-refractivity contribution in [2.75, 3.05) is 39.6 Å². The number of aliphatic hydroxyl groups is 1. The van der Waals surface area contributed by atoms with Crippen LogP contribution in [0.4, 0.5) is 0 Å². The highest BCUT2D eigenvalue weighted by molar-refractivity contribution is 7.47. The molecule has 0 aliphatic heterocycles. The molecule has 0 bridgehead atoms. The van der Waals surface area contributed by atoms with Crippen molar-refractivity contribution in [3.63, 3.8) is 0 Å². The molecule has 17 nitrogen and oxygen atoms in total. The molecule has 0 spiro atoms. The zero-order valence-electron chi connectivity index (χ0n) is 65.1. The van der Waals surface area contributed by atoms with Crippen molar-refractivity contribution in [2.45, 2.75) is 427 Å². The number of carbonyl (C=O) groups excluding carboxylic acids is 4. The van der Waals surface area contributed by atoms with Gasteiger partial charge in [-0.1, -0.05) is 357 Å². The van der Waals surface area contributed by atoms with Gasteiger partial charge in [0.05, 0.1) is 26.4 Å². The van der Waals surface area contributed by atoms with Crippen LogP contribution in [-0.2, 0) is 65.4 Å². The highest BCUT2D eigenvalue weighted by Crippen LogP contribution is 2.45. The fourth-order valence-corrected chi connectivity index (χ4v) is 13.8. The topological polar surface area (TPSA) is 237 Å². The van der Waals surface area contributed by atoms with Crippen LogP contribution in [0.2, 0.25) is 0 Å². The highest BCUT2D eigenvalue weighted by Gasteiger charge is 2.30. The fourth-order valence-electron chi connectivity index (χ4n) is 12.2. The molecule has 0 amide bonds. The van der Waals surface area contributed by atoms with Gasteiger partial charge in [0.1, 0.15) is 19.3 Å². The summed E-state index contributed by atoms with van der Waals surface area (Å²) >= 11 is 0. The van der Waals surface area contributed by atoms with E-state index in [0.29, 0.717) is 31.6 Å². The second kappa shape index (κ2) is 69.1. The smallest absolute Gasteiger partial charge is 0.462 e. The minimum Gasteiger partial charge on any atom is -0.462 e. The molecule has 0 saturated heterocycles. The summed E-state index contributed by atoms with van der Waals surface area (Å²) in [5.41, 5.74) is 0. The Morgan fingerprint density at radius 3 is 0.717 bits per heavy atom. The number of aliphatic hydroxyl groups excluding tert-OH is 1. The van der Waals surface area contributed by atoms with Gasteiger partial charge in [0, 0.05) is 25.7 Å². The van der Waals surface area contributed by atoms with Crippen LogP contribution in [0, 0.1) is 23.7 Å². The van der Waals surface area contributed by atoms with E-state index in [9.17, 15) is 43.2 Å². The number of esters is 4. The third-order valence-corrected chi connectivity index (χ3v) is 20.8. The maximum atomic E-state index is 13.1. The first-order chi connectivity index (χ1) is 47.6. The van der Waals surface area contributed by atoms with Gasteiger partial charge >= 0.3 is 39.5 Å². The first-order valence-electron chi connectivity index (χ1n) is 41.2. The van der Waals surface area contributed by atoms with E-state index in [4.69, 9.17) is 37.0 Å². The summed E-state index contributed by atoms with van der Waals surface area (Å²) in [5.74, 6) is 0.983. The molecule has 0 heterocycles. The molecule has 0 aromatic heterocycles. The van der Waals surface area contributed by atoms with Crippen LogP contribution in [0.3, 0.4) is 0 Å². The number of hydrogen-bond acceptors (Lipinski definition) is 15. The molecule has 0 aliphatic rings. The van der Waals surface area contributed by atoms with Crippen molar-refractivity contribution in [1.29, 1.82) is 0 Å². The molecule has 0 aromatic rings. The molecule has 0 saturated carbocycles. The summed E-state index contributed by atoms with van der Waals surface area (Å²) in [4.78, 5) is 72.9. The lowest BCUT2D eigenvalue weighted by Crippen LogP contribution is -2.30. The average molecular weight is 1450 g/mol. The summed E-state index contributed by atoms with van der Waals surface area (Å²) in [7, 11) is -9.92. The van der Waals surface area contributed by atoms with Crippen LogP contribution < -0.4 is 0 Å². The number of carbonyl (C=O) groups is 4. The minimum atomic E-state index is -4.96. The van der Waals surface area contributed by atoms with Crippen molar-refractivity contribution in [3.8, 4) is 0 Å². The number of ether oxygens (including phenoxy) is 4. The second-order valence-electron chi connectivity index (χ2n) is 30.5. The molecule has 3 N–H and O–H groups in total. The average Bonchev–Trinajstić information content (AvgIpc) is 1.47. The zero-order chi connectivity index (χ0) is 73.1. The van der Waals surface area contributed by atoms with Gasteiger partial charge in [-0.3, -0.25) is 37.3 Å². The molecule has 99 heavy (non-hydrogen) atoms. The van der Waals surface area contributed by atoms with Crippen LogP contribution in [0.5, 0.6) is 0 Å². The van der Waals surface area contributed by atoms with Gasteiger partial charge in [0.25, 0.3) is 0 Å². The Balaban J connectivity index is 5.20. The molecule has 0 rings (SSSR count). The lowest BCUT2D eigenvalue weighted by Gasteiger charge is -2.21. The van der Waals surface area contributed by atoms with Crippen molar-refractivity contribution in [1.82, 2.24) is 0 Å². The molecule has 0 radical (unpaired) electrons. The third-order valence-electron chi connectivity index (χ3n) is 18.9. The minimum absolute atomic E-state index is 0.105. The lowest BCUT2D eigenvalue weighted by atomic mass is 9.99. The summed E-state index contributed by atoms with van der Waals surface area (Å²) in [5, 5.41) is 10.6. The maximum absolute atomic E-state index is 13.1. The monoisotopic (exact) mass is 1450 g/mol. The maximum Gasteiger partial charge on any atom is 0.472 e. The Bertz CT molecular complexity index is 1940. The van der Waals surface area contributed by atoms with Gasteiger partial charge in [-0.25, -0.2) is 9.13 Å². The largest absolute Gasteiger partial charge is 0.472 e. The van der Waals surface area contributed by atoms with Crippen molar-refractivity contribution in [3.05, 3.63) is 0 Å². The first-order valence-corrected chi connectivity index (χ1v) is 44.2. The predicted octanol–water partition coefficient (Wildman–Crippen LogP) is 23.6. The molecule has 19 heteroatoms. The quantitative estimate of drug-likeness (QED) is 0.0222. The van der Waals surface area contributed by atoms with Gasteiger partial charge in [-0.05, 0) is 49.4 Å². The lowest BCUT2D eigenvalue weighted by molar-refractivity contribution is -0.161. The number of rotatable bonds is 77. The second-order valence-corrected chi connectivity index (χ2v) is 33.4. The number of hydrogen-bond donors (Lipinski definition) is 3. The van der Waals surface area contributed by atoms with E-state index in [1.807, 2.05) is 0 Å². The van der Waals surface area contributed by atoms with E-state index in [0.717, 1.165) is 114 Å². The predicted molar refractivity (Wildman–Crippen MR) is 404 cm³/mol. The normalized spacial score (nSPS) is 14.3. The van der Waals surface area contributed by atoms with E-state index in [-0.39, 0.29) is 25.7 Å². The van der Waals surface area contributed by atoms with Gasteiger partial charge < -0.3 is 33.8 Å². The van der Waals surface area contributed by atoms with Crippen LogP contribution in [0.1, 0.15) is 409 Å². The van der Waals surface area contributed by atoms with Crippen LogP contribution in [0.15, 0.2) is 0 Å². The Kier molecular flexibility index (Phi) is 67.8. The third kappa shape index (κ3) is 72.8. The molecule has 588 valence electrons. The van der Waals surface area contributed by atoms with Gasteiger partial charge in [-0.2, -0.15) is 0 Å². The summed E-state index contributed by atoms with van der Waals surface area (Å²) in [6, 6.07) is 0. The molecular weight excluding hydrogens is 1290 g/mol. The molecule has 4 unspecified atom stereocenters. The summed E-state index contributed by atoms with van der Waals surface area (Å²) < 4.78 is 68.6.